The third kappa shape index (κ3) is 5.70. The third-order valence-electron chi connectivity index (χ3n) is 6.85. The molecule has 3 amide bonds. The number of H-pyrrole nitrogens is 1. The zero-order chi connectivity index (χ0) is 28.3. The lowest BCUT2D eigenvalue weighted by molar-refractivity contribution is -0.123. The third-order valence-corrected chi connectivity index (χ3v) is 8.46. The zero-order valence-electron chi connectivity index (χ0n) is 21.7. The van der Waals surface area contributed by atoms with Gasteiger partial charge < -0.3 is 20.5 Å². The summed E-state index contributed by atoms with van der Waals surface area (Å²) in [6.45, 7) is -0.247. The Morgan fingerprint density at radius 1 is 0.878 bits per heavy atom. The van der Waals surface area contributed by atoms with Gasteiger partial charge in [-0.15, -0.1) is 11.8 Å². The van der Waals surface area contributed by atoms with Crippen LogP contribution < -0.4 is 15.5 Å². The van der Waals surface area contributed by atoms with E-state index in [1.54, 1.807) is 36.4 Å². The number of nitrogens with one attached hydrogen (secondary N) is 3. The molecule has 5 aromatic rings. The quantitative estimate of drug-likeness (QED) is 0.215. The van der Waals surface area contributed by atoms with E-state index >= 15 is 0 Å². The van der Waals surface area contributed by atoms with E-state index in [0.29, 0.717) is 22.1 Å². The van der Waals surface area contributed by atoms with Crippen LogP contribution >= 0.6 is 23.4 Å². The maximum Gasteiger partial charge on any atom is 0.268 e. The van der Waals surface area contributed by atoms with Crippen molar-refractivity contribution in [3.8, 4) is 0 Å². The van der Waals surface area contributed by atoms with Gasteiger partial charge in [0.15, 0.2) is 0 Å². The Morgan fingerprint density at radius 2 is 1.59 bits per heavy atom. The van der Waals surface area contributed by atoms with Crippen molar-refractivity contribution in [3.05, 3.63) is 125 Å². The highest BCUT2D eigenvalue weighted by atomic mass is 35.5. The first kappa shape index (κ1) is 26.7. The molecule has 1 aliphatic rings. The molecule has 1 aromatic heterocycles. The Labute approximate surface area is 245 Å². The Kier molecular flexibility index (Phi) is 7.50. The van der Waals surface area contributed by atoms with Crippen LogP contribution in [-0.2, 0) is 9.59 Å². The number of carbonyl (C=O) groups excluding carboxylic acids is 3. The van der Waals surface area contributed by atoms with Crippen LogP contribution in [0.4, 0.5) is 11.4 Å². The van der Waals surface area contributed by atoms with Gasteiger partial charge in [0.25, 0.3) is 11.8 Å². The molecule has 2 atom stereocenters. The summed E-state index contributed by atoms with van der Waals surface area (Å²) in [5.74, 6) is -1.19. The summed E-state index contributed by atoms with van der Waals surface area (Å²) in [4.78, 5) is 46.5. The molecule has 0 saturated heterocycles. The number of rotatable bonds is 6. The van der Waals surface area contributed by atoms with Gasteiger partial charge in [0, 0.05) is 26.5 Å². The van der Waals surface area contributed by atoms with E-state index in [-0.39, 0.29) is 12.5 Å². The van der Waals surface area contributed by atoms with Crippen molar-refractivity contribution in [3.63, 3.8) is 0 Å². The number of thioether (sulfide) groups is 1. The van der Waals surface area contributed by atoms with Crippen molar-refractivity contribution < 1.29 is 14.4 Å². The number of para-hydroxylation sites is 2. The van der Waals surface area contributed by atoms with Crippen LogP contribution in [0, 0.1) is 0 Å². The fourth-order valence-corrected chi connectivity index (χ4v) is 6.53. The average molecular weight is 581 g/mol. The topological polar surface area (TPSA) is 94.3 Å². The van der Waals surface area contributed by atoms with Crippen molar-refractivity contribution >= 4 is 63.4 Å². The number of nitrogens with zero attached hydrogens (tertiary/aromatic N) is 1. The molecule has 0 saturated carbocycles. The molecule has 6 rings (SSSR count). The Bertz CT molecular complexity index is 1710. The summed E-state index contributed by atoms with van der Waals surface area (Å²) in [6.07, 6.45) is 0. The predicted octanol–water partition coefficient (Wildman–Crippen LogP) is 6.44. The smallest absolute Gasteiger partial charge is 0.268 e. The van der Waals surface area contributed by atoms with Crippen LogP contribution in [0.15, 0.2) is 114 Å². The molecule has 0 fully saturated rings. The fourth-order valence-electron chi connectivity index (χ4n) is 4.91. The Hall–Kier alpha value is -4.53. The molecular formula is C32H25ClN4O3S. The van der Waals surface area contributed by atoms with Crippen molar-refractivity contribution in [2.24, 2.45) is 0 Å². The first-order valence-corrected chi connectivity index (χ1v) is 14.3. The second-order valence-electron chi connectivity index (χ2n) is 9.62. The van der Waals surface area contributed by atoms with Gasteiger partial charge in [0.1, 0.15) is 18.3 Å². The largest absolute Gasteiger partial charge is 0.351 e. The highest BCUT2D eigenvalue weighted by Gasteiger charge is 2.40. The normalized spacial score (nSPS) is 16.6. The second-order valence-corrected chi connectivity index (χ2v) is 11.2. The predicted molar refractivity (Wildman–Crippen MR) is 163 cm³/mol. The van der Waals surface area contributed by atoms with E-state index < -0.39 is 23.1 Å². The number of hydrogen-bond acceptors (Lipinski definition) is 4. The highest BCUT2D eigenvalue weighted by molar-refractivity contribution is 7.99. The highest BCUT2D eigenvalue weighted by Crippen LogP contribution is 2.46. The zero-order valence-corrected chi connectivity index (χ0v) is 23.3. The molecule has 4 aromatic carbocycles. The number of hydrogen-bond donors (Lipinski definition) is 3. The van der Waals surface area contributed by atoms with Gasteiger partial charge in [-0.2, -0.15) is 0 Å². The molecule has 0 aliphatic carbocycles. The van der Waals surface area contributed by atoms with Crippen LogP contribution in [0.2, 0.25) is 5.02 Å². The first-order chi connectivity index (χ1) is 20.0. The van der Waals surface area contributed by atoms with E-state index in [4.69, 9.17) is 11.6 Å². The minimum absolute atomic E-state index is 0.247. The van der Waals surface area contributed by atoms with E-state index in [1.165, 1.54) is 16.7 Å². The minimum atomic E-state index is -0.989. The summed E-state index contributed by atoms with van der Waals surface area (Å²) in [5, 5.41) is 6.75. The molecule has 204 valence electrons. The maximum absolute atomic E-state index is 14.4. The lowest BCUT2D eigenvalue weighted by Gasteiger charge is -2.28. The van der Waals surface area contributed by atoms with Gasteiger partial charge >= 0.3 is 0 Å². The van der Waals surface area contributed by atoms with Crippen LogP contribution in [-0.4, -0.2) is 35.3 Å². The molecular weight excluding hydrogens is 556 g/mol. The number of benzene rings is 4. The molecule has 1 aliphatic heterocycles. The second kappa shape index (κ2) is 11.5. The molecule has 9 heteroatoms. The van der Waals surface area contributed by atoms with Crippen molar-refractivity contribution in [2.45, 2.75) is 16.2 Å². The van der Waals surface area contributed by atoms with Gasteiger partial charge in [0.2, 0.25) is 5.91 Å². The maximum atomic E-state index is 14.4. The minimum Gasteiger partial charge on any atom is -0.351 e. The van der Waals surface area contributed by atoms with Gasteiger partial charge in [-0.3, -0.25) is 14.4 Å². The molecule has 0 radical (unpaired) electrons. The monoisotopic (exact) mass is 580 g/mol. The van der Waals surface area contributed by atoms with Crippen molar-refractivity contribution in [1.29, 1.82) is 0 Å². The van der Waals surface area contributed by atoms with Crippen molar-refractivity contribution in [2.75, 3.05) is 16.8 Å². The lowest BCUT2D eigenvalue weighted by atomic mass is 10.0. The number of carbonyl (C=O) groups is 3. The number of amides is 3. The molecule has 3 N–H and O–H groups in total. The Morgan fingerprint density at radius 3 is 2.34 bits per heavy atom. The van der Waals surface area contributed by atoms with Gasteiger partial charge in [-0.1, -0.05) is 78.3 Å². The van der Waals surface area contributed by atoms with E-state index in [2.05, 4.69) is 15.6 Å². The SMILES string of the molecule is O=C(CN1C(=O)[C@H](NC(=O)c2cc3ccccc3[nH]2)[C@@H](c2ccccc2)Sc2cc(Cl)ccc21)Nc1ccccc1. The number of aromatic amines is 1. The summed E-state index contributed by atoms with van der Waals surface area (Å²) < 4.78 is 0. The molecule has 41 heavy (non-hydrogen) atoms. The van der Waals surface area contributed by atoms with Gasteiger partial charge in [0.05, 0.1) is 10.9 Å². The van der Waals surface area contributed by atoms with Crippen LogP contribution in [0.1, 0.15) is 21.3 Å². The van der Waals surface area contributed by atoms with E-state index in [1.807, 2.05) is 72.8 Å². The van der Waals surface area contributed by atoms with E-state index in [0.717, 1.165) is 21.4 Å². The lowest BCUT2D eigenvalue weighted by Crippen LogP contribution is -2.52. The standard InChI is InChI=1S/C32H25ClN4O3S/c33-22-15-16-26-27(18-22)41-30(20-9-3-1-4-10-20)29(36-31(39)25-17-21-11-7-8-14-24(21)35-25)32(40)37(26)19-28(38)34-23-12-5-2-6-13-23/h1-18,29-30,35H,19H2,(H,34,38)(H,36,39)/t29-,30-/m1/s1. The molecule has 0 unspecified atom stereocenters. The molecule has 7 nitrogen and oxygen atoms in total. The Balaban J connectivity index is 1.38. The average Bonchev–Trinajstić information content (AvgIpc) is 3.39. The first-order valence-electron chi connectivity index (χ1n) is 13.0. The number of aromatic nitrogens is 1. The van der Waals surface area contributed by atoms with Crippen molar-refractivity contribution in [1.82, 2.24) is 10.3 Å². The summed E-state index contributed by atoms with van der Waals surface area (Å²) in [7, 11) is 0. The van der Waals surface area contributed by atoms with Crippen LogP contribution in [0.3, 0.4) is 0 Å². The van der Waals surface area contributed by atoms with Crippen LogP contribution in [0.25, 0.3) is 10.9 Å². The van der Waals surface area contributed by atoms with Crippen LogP contribution in [0.5, 0.6) is 0 Å². The van der Waals surface area contributed by atoms with E-state index in [9.17, 15) is 14.4 Å². The molecule has 0 spiro atoms. The summed E-state index contributed by atoms with van der Waals surface area (Å²) in [5.41, 5.74) is 3.19. The summed E-state index contributed by atoms with van der Waals surface area (Å²) >= 11 is 7.82. The summed E-state index contributed by atoms with van der Waals surface area (Å²) in [6, 6.07) is 32.2. The van der Waals surface area contributed by atoms with Gasteiger partial charge in [-0.05, 0) is 48.0 Å². The molecule has 0 bridgehead atoms. The number of anilines is 2. The fraction of sp³-hybridized carbons (Fsp3) is 0.0938. The number of fused-ring (bicyclic) bond motifs is 2. The number of halogens is 1. The molecule has 2 heterocycles. The van der Waals surface area contributed by atoms with Gasteiger partial charge in [-0.25, -0.2) is 0 Å².